The van der Waals surface area contributed by atoms with E-state index in [1.807, 2.05) is 38.1 Å². The van der Waals surface area contributed by atoms with Crippen LogP contribution in [-0.4, -0.2) is 28.7 Å². The quantitative estimate of drug-likeness (QED) is 0.848. The standard InChI is InChI=1S/C16H20BrNO2/c1-16(2)14(19)4-3-11-18(16)15(20)10-7-12-5-8-13(17)9-6-12/h5-6,8-9H,3-4,7,10-11H2,1-2H3. The average molecular weight is 338 g/mol. The highest BCUT2D eigenvalue weighted by molar-refractivity contribution is 9.10. The summed E-state index contributed by atoms with van der Waals surface area (Å²) in [5.74, 6) is 0.242. The Morgan fingerprint density at radius 3 is 2.60 bits per heavy atom. The van der Waals surface area contributed by atoms with Gasteiger partial charge >= 0.3 is 0 Å². The number of carbonyl (C=O) groups is 2. The van der Waals surface area contributed by atoms with Crippen molar-refractivity contribution in [1.29, 1.82) is 0 Å². The van der Waals surface area contributed by atoms with Crippen LogP contribution in [-0.2, 0) is 16.0 Å². The number of hydrogen-bond acceptors (Lipinski definition) is 2. The zero-order valence-electron chi connectivity index (χ0n) is 12.0. The van der Waals surface area contributed by atoms with Gasteiger partial charge in [-0.3, -0.25) is 9.59 Å². The van der Waals surface area contributed by atoms with E-state index in [-0.39, 0.29) is 11.7 Å². The monoisotopic (exact) mass is 337 g/mol. The molecule has 1 aliphatic rings. The molecule has 3 nitrogen and oxygen atoms in total. The van der Waals surface area contributed by atoms with E-state index in [9.17, 15) is 9.59 Å². The summed E-state index contributed by atoms with van der Waals surface area (Å²) >= 11 is 3.40. The number of amides is 1. The van der Waals surface area contributed by atoms with E-state index >= 15 is 0 Å². The maximum Gasteiger partial charge on any atom is 0.223 e. The molecule has 2 rings (SSSR count). The highest BCUT2D eigenvalue weighted by Gasteiger charge is 2.39. The van der Waals surface area contributed by atoms with Crippen molar-refractivity contribution >= 4 is 27.6 Å². The summed E-state index contributed by atoms with van der Waals surface area (Å²) in [5.41, 5.74) is 0.498. The first-order valence-corrected chi connectivity index (χ1v) is 7.79. The van der Waals surface area contributed by atoms with Gasteiger partial charge in [-0.25, -0.2) is 0 Å². The lowest BCUT2D eigenvalue weighted by atomic mass is 9.88. The summed E-state index contributed by atoms with van der Waals surface area (Å²) in [6.07, 6.45) is 2.54. The van der Waals surface area contributed by atoms with E-state index in [2.05, 4.69) is 15.9 Å². The molecule has 1 amide bonds. The van der Waals surface area contributed by atoms with Gasteiger partial charge in [-0.05, 0) is 44.4 Å². The Bertz CT molecular complexity index is 508. The molecular formula is C16H20BrNO2. The van der Waals surface area contributed by atoms with Crippen LogP contribution in [0, 0.1) is 0 Å². The zero-order chi connectivity index (χ0) is 14.8. The number of rotatable bonds is 3. The lowest BCUT2D eigenvalue weighted by Crippen LogP contribution is -2.56. The topological polar surface area (TPSA) is 37.4 Å². The van der Waals surface area contributed by atoms with E-state index in [0.29, 0.717) is 25.8 Å². The number of aryl methyl sites for hydroxylation is 1. The molecule has 0 N–H and O–H groups in total. The SMILES string of the molecule is CC1(C)C(=O)CCCN1C(=O)CCc1ccc(Br)cc1. The Hall–Kier alpha value is -1.16. The predicted octanol–water partition coefficient (Wildman–Crippen LogP) is 3.35. The minimum atomic E-state index is -0.644. The van der Waals surface area contributed by atoms with Gasteiger partial charge < -0.3 is 4.90 Å². The minimum absolute atomic E-state index is 0.0750. The first kappa shape index (κ1) is 15.2. The van der Waals surface area contributed by atoms with Gasteiger partial charge in [0.05, 0.1) is 5.54 Å². The van der Waals surface area contributed by atoms with Gasteiger partial charge in [0.1, 0.15) is 0 Å². The zero-order valence-corrected chi connectivity index (χ0v) is 13.6. The van der Waals surface area contributed by atoms with Crippen LogP contribution in [0.4, 0.5) is 0 Å². The van der Waals surface area contributed by atoms with E-state index in [1.54, 1.807) is 4.90 Å². The molecular weight excluding hydrogens is 318 g/mol. The maximum absolute atomic E-state index is 12.4. The molecule has 0 aromatic heterocycles. The fourth-order valence-electron chi connectivity index (χ4n) is 2.61. The van der Waals surface area contributed by atoms with Crippen molar-refractivity contribution < 1.29 is 9.59 Å². The molecule has 1 aromatic carbocycles. The number of piperidine rings is 1. The van der Waals surface area contributed by atoms with Crippen molar-refractivity contribution in [2.75, 3.05) is 6.54 Å². The van der Waals surface area contributed by atoms with Crippen LogP contribution in [0.3, 0.4) is 0 Å². The van der Waals surface area contributed by atoms with Gasteiger partial charge in [0.15, 0.2) is 5.78 Å². The van der Waals surface area contributed by atoms with Crippen LogP contribution in [0.1, 0.15) is 38.7 Å². The summed E-state index contributed by atoms with van der Waals surface area (Å²) in [6.45, 7) is 4.40. The Labute approximate surface area is 128 Å². The lowest BCUT2D eigenvalue weighted by molar-refractivity contribution is -0.148. The normalized spacial score (nSPS) is 18.1. The average Bonchev–Trinajstić information content (AvgIpc) is 2.41. The van der Waals surface area contributed by atoms with Crippen LogP contribution in [0.5, 0.6) is 0 Å². The fraction of sp³-hybridized carbons (Fsp3) is 0.500. The molecule has 0 bridgehead atoms. The van der Waals surface area contributed by atoms with Crippen molar-refractivity contribution in [2.45, 2.75) is 45.1 Å². The highest BCUT2D eigenvalue weighted by atomic mass is 79.9. The van der Waals surface area contributed by atoms with Crippen molar-refractivity contribution in [1.82, 2.24) is 4.90 Å². The molecule has 108 valence electrons. The third-order valence-electron chi connectivity index (χ3n) is 3.98. The molecule has 1 aromatic rings. The van der Waals surface area contributed by atoms with Gasteiger partial charge in [0, 0.05) is 23.9 Å². The van der Waals surface area contributed by atoms with E-state index in [1.165, 1.54) is 0 Å². The number of likely N-dealkylation sites (tertiary alicyclic amines) is 1. The third kappa shape index (κ3) is 3.29. The summed E-state index contributed by atoms with van der Waals surface area (Å²) in [5, 5.41) is 0. The molecule has 0 atom stereocenters. The second-order valence-electron chi connectivity index (χ2n) is 5.76. The van der Waals surface area contributed by atoms with Crippen LogP contribution >= 0.6 is 15.9 Å². The summed E-state index contributed by atoms with van der Waals surface area (Å²) in [6, 6.07) is 8.00. The van der Waals surface area contributed by atoms with E-state index in [0.717, 1.165) is 16.5 Å². The number of carbonyl (C=O) groups excluding carboxylic acids is 2. The second kappa shape index (κ2) is 6.08. The molecule has 0 aliphatic carbocycles. The number of nitrogens with zero attached hydrogens (tertiary/aromatic N) is 1. The Balaban J connectivity index is 1.97. The number of ketones is 1. The highest BCUT2D eigenvalue weighted by Crippen LogP contribution is 2.25. The molecule has 4 heteroatoms. The van der Waals surface area contributed by atoms with Crippen molar-refractivity contribution in [2.24, 2.45) is 0 Å². The molecule has 0 radical (unpaired) electrons. The molecule has 1 saturated heterocycles. The molecule has 1 heterocycles. The number of Topliss-reactive ketones (excluding diaryl/α,β-unsaturated/α-hetero) is 1. The summed E-state index contributed by atoms with van der Waals surface area (Å²) in [4.78, 5) is 26.1. The fourth-order valence-corrected chi connectivity index (χ4v) is 2.87. The first-order valence-electron chi connectivity index (χ1n) is 6.99. The van der Waals surface area contributed by atoms with Crippen LogP contribution in [0.15, 0.2) is 28.7 Å². The van der Waals surface area contributed by atoms with Crippen LogP contribution in [0.25, 0.3) is 0 Å². The van der Waals surface area contributed by atoms with E-state index in [4.69, 9.17) is 0 Å². The summed E-state index contributed by atoms with van der Waals surface area (Å²) in [7, 11) is 0. The Kier molecular flexibility index (Phi) is 4.63. The number of halogens is 1. The lowest BCUT2D eigenvalue weighted by Gasteiger charge is -2.41. The van der Waals surface area contributed by atoms with Gasteiger partial charge in [-0.1, -0.05) is 28.1 Å². The molecule has 1 fully saturated rings. The van der Waals surface area contributed by atoms with Crippen LogP contribution in [0.2, 0.25) is 0 Å². The number of benzene rings is 1. The smallest absolute Gasteiger partial charge is 0.223 e. The Morgan fingerprint density at radius 1 is 1.30 bits per heavy atom. The molecule has 0 unspecified atom stereocenters. The summed E-state index contributed by atoms with van der Waals surface area (Å²) < 4.78 is 1.04. The van der Waals surface area contributed by atoms with E-state index < -0.39 is 5.54 Å². The largest absolute Gasteiger partial charge is 0.331 e. The molecule has 1 aliphatic heterocycles. The molecule has 20 heavy (non-hydrogen) atoms. The third-order valence-corrected chi connectivity index (χ3v) is 4.51. The molecule has 0 saturated carbocycles. The van der Waals surface area contributed by atoms with Crippen molar-refractivity contribution in [3.8, 4) is 0 Å². The second-order valence-corrected chi connectivity index (χ2v) is 6.67. The van der Waals surface area contributed by atoms with Gasteiger partial charge in [0.25, 0.3) is 0 Å². The van der Waals surface area contributed by atoms with Gasteiger partial charge in [0.2, 0.25) is 5.91 Å². The van der Waals surface area contributed by atoms with Gasteiger partial charge in [-0.2, -0.15) is 0 Å². The first-order chi connectivity index (χ1) is 9.41. The molecule has 0 spiro atoms. The Morgan fingerprint density at radius 2 is 1.95 bits per heavy atom. The maximum atomic E-state index is 12.4. The van der Waals surface area contributed by atoms with Crippen molar-refractivity contribution in [3.63, 3.8) is 0 Å². The van der Waals surface area contributed by atoms with Gasteiger partial charge in [-0.15, -0.1) is 0 Å². The van der Waals surface area contributed by atoms with Crippen LogP contribution < -0.4 is 0 Å². The minimum Gasteiger partial charge on any atom is -0.331 e. The predicted molar refractivity (Wildman–Crippen MR) is 82.5 cm³/mol. The van der Waals surface area contributed by atoms with Crippen molar-refractivity contribution in [3.05, 3.63) is 34.3 Å². The number of hydrogen-bond donors (Lipinski definition) is 0.